The van der Waals surface area contributed by atoms with Crippen LogP contribution in [0.1, 0.15) is 6.92 Å². The molecule has 14 heteroatoms. The van der Waals surface area contributed by atoms with Gasteiger partial charge in [0, 0.05) is 24.9 Å². The maximum Gasteiger partial charge on any atom is 0.490 e. The molecular formula is C11H19F6N2O5P. The van der Waals surface area contributed by atoms with Crippen molar-refractivity contribution in [1.29, 1.82) is 0 Å². The minimum Gasteiger partial charge on any atom is -0.475 e. The van der Waals surface area contributed by atoms with Crippen LogP contribution in [0.25, 0.3) is 0 Å². The Balaban J connectivity index is 0. The first-order chi connectivity index (χ1) is 10.8. The van der Waals surface area contributed by atoms with Gasteiger partial charge in [-0.25, -0.2) is 9.59 Å². The molecule has 4 N–H and O–H groups in total. The van der Waals surface area contributed by atoms with Gasteiger partial charge in [0.2, 0.25) is 0 Å². The van der Waals surface area contributed by atoms with E-state index in [4.69, 9.17) is 19.8 Å². The van der Waals surface area contributed by atoms with Crippen LogP contribution in [0, 0.1) is 0 Å². The molecule has 0 spiro atoms. The molecule has 0 unspecified atom stereocenters. The summed E-state index contributed by atoms with van der Waals surface area (Å²) in [4.78, 5) is 17.8. The first-order valence-corrected chi connectivity index (χ1v) is 9.19. The minimum atomic E-state index is -5.08. The summed E-state index contributed by atoms with van der Waals surface area (Å²) in [6, 6.07) is 0. The molecule has 1 aliphatic heterocycles. The smallest absolute Gasteiger partial charge is 0.475 e. The lowest BCUT2D eigenvalue weighted by Crippen LogP contribution is -2.65. The van der Waals surface area contributed by atoms with Crippen LogP contribution in [0.5, 0.6) is 0 Å². The fraction of sp³-hybridized carbons (Fsp3) is 0.818. The average Bonchev–Trinajstić information content (AvgIpc) is 2.32. The molecule has 0 atom stereocenters. The molecule has 0 aromatic heterocycles. The lowest BCUT2D eigenvalue weighted by atomic mass is 9.96. The fourth-order valence-corrected chi connectivity index (χ4v) is 1.77. The highest BCUT2D eigenvalue weighted by atomic mass is 31.2. The van der Waals surface area contributed by atoms with E-state index in [1.54, 1.807) is 0 Å². The number of carboxylic acids is 2. The van der Waals surface area contributed by atoms with Gasteiger partial charge in [0.05, 0.1) is 7.14 Å². The number of rotatable bonds is 3. The summed E-state index contributed by atoms with van der Waals surface area (Å²) < 4.78 is 74.8. The van der Waals surface area contributed by atoms with Crippen molar-refractivity contribution >= 4 is 19.1 Å². The Hall–Kier alpha value is -1.33. The maximum atomic E-state index is 11.3. The number of carbonyl (C=O) groups is 2. The second kappa shape index (κ2) is 9.39. The van der Waals surface area contributed by atoms with Gasteiger partial charge in [0.25, 0.3) is 0 Å². The zero-order valence-corrected chi connectivity index (χ0v) is 14.3. The van der Waals surface area contributed by atoms with E-state index in [0.717, 1.165) is 13.1 Å². The summed E-state index contributed by atoms with van der Waals surface area (Å²) in [5.41, 5.74) is 0.196. The number of halogens is 6. The molecule has 7 nitrogen and oxygen atoms in total. The van der Waals surface area contributed by atoms with Crippen LogP contribution in [0.2, 0.25) is 0 Å². The van der Waals surface area contributed by atoms with Crippen molar-refractivity contribution in [3.8, 4) is 0 Å². The van der Waals surface area contributed by atoms with Crippen molar-refractivity contribution in [3.63, 3.8) is 0 Å². The molecule has 1 fully saturated rings. The number of alkyl halides is 6. The van der Waals surface area contributed by atoms with Gasteiger partial charge in [-0.15, -0.1) is 0 Å². The van der Waals surface area contributed by atoms with Crippen molar-refractivity contribution in [3.05, 3.63) is 0 Å². The quantitative estimate of drug-likeness (QED) is 0.419. The monoisotopic (exact) mass is 404 g/mol. The summed E-state index contributed by atoms with van der Waals surface area (Å²) in [6.45, 7) is 7.77. The lowest BCUT2D eigenvalue weighted by Gasteiger charge is -2.40. The van der Waals surface area contributed by atoms with Crippen molar-refractivity contribution in [2.24, 2.45) is 0 Å². The predicted molar refractivity (Wildman–Crippen MR) is 76.1 cm³/mol. The SMILES string of the molecule is CC1(NCP(C)(C)=O)CNC1.O=C(O)C(F)(F)F.O=C(O)C(F)(F)F. The third-order valence-corrected chi connectivity index (χ3v) is 3.32. The second-order valence-corrected chi connectivity index (χ2v) is 9.14. The Labute approximate surface area is 139 Å². The molecule has 0 aliphatic carbocycles. The van der Waals surface area contributed by atoms with E-state index in [9.17, 15) is 30.9 Å². The Morgan fingerprint density at radius 2 is 1.32 bits per heavy atom. The topological polar surface area (TPSA) is 116 Å². The number of carboxylic acid groups (broad SMARTS) is 2. The molecule has 150 valence electrons. The molecule has 0 saturated carbocycles. The number of hydrogen-bond donors (Lipinski definition) is 4. The molecule has 1 heterocycles. The molecular weight excluding hydrogens is 385 g/mol. The molecule has 1 saturated heterocycles. The first kappa shape index (κ1) is 25.9. The van der Waals surface area contributed by atoms with E-state index in [2.05, 4.69) is 17.6 Å². The minimum absolute atomic E-state index is 0.196. The molecule has 1 rings (SSSR count). The van der Waals surface area contributed by atoms with Crippen molar-refractivity contribution in [2.45, 2.75) is 24.8 Å². The van der Waals surface area contributed by atoms with E-state index in [-0.39, 0.29) is 5.54 Å². The van der Waals surface area contributed by atoms with E-state index in [1.807, 2.05) is 13.3 Å². The van der Waals surface area contributed by atoms with E-state index < -0.39 is 31.4 Å². The van der Waals surface area contributed by atoms with Crippen LogP contribution in [-0.4, -0.2) is 72.7 Å². The van der Waals surface area contributed by atoms with Gasteiger partial charge in [-0.05, 0) is 20.3 Å². The van der Waals surface area contributed by atoms with Crippen LogP contribution in [0.15, 0.2) is 0 Å². The van der Waals surface area contributed by atoms with Gasteiger partial charge < -0.3 is 25.4 Å². The molecule has 1 aliphatic rings. The van der Waals surface area contributed by atoms with Crippen molar-refractivity contribution in [2.75, 3.05) is 32.7 Å². The highest BCUT2D eigenvalue weighted by molar-refractivity contribution is 7.62. The summed E-state index contributed by atoms with van der Waals surface area (Å²) in [6.07, 6.45) is -9.51. The van der Waals surface area contributed by atoms with Crippen LogP contribution in [-0.2, 0) is 14.2 Å². The first-order valence-electron chi connectivity index (χ1n) is 6.40. The molecule has 0 bridgehead atoms. The van der Waals surface area contributed by atoms with Crippen LogP contribution >= 0.6 is 7.14 Å². The summed E-state index contributed by atoms with van der Waals surface area (Å²) in [7, 11) is -1.88. The average molecular weight is 404 g/mol. The standard InChI is InChI=1S/C7H17N2OP.2C2HF3O2/c1-7(4-8-5-7)9-6-11(2,3)10;2*3-2(4,5)1(6)7/h8-9H,4-6H2,1-3H3;2*(H,6,7). The lowest BCUT2D eigenvalue weighted by molar-refractivity contribution is -0.193. The van der Waals surface area contributed by atoms with Crippen molar-refractivity contribution in [1.82, 2.24) is 10.6 Å². The molecule has 0 aromatic rings. The Morgan fingerprint density at radius 1 is 1.04 bits per heavy atom. The van der Waals surface area contributed by atoms with Gasteiger partial charge in [-0.1, -0.05) is 0 Å². The van der Waals surface area contributed by atoms with Crippen molar-refractivity contribution < 1.29 is 50.7 Å². The molecule has 25 heavy (non-hydrogen) atoms. The van der Waals surface area contributed by atoms with Gasteiger partial charge in [-0.2, -0.15) is 26.3 Å². The highest BCUT2D eigenvalue weighted by Crippen LogP contribution is 2.34. The zero-order valence-electron chi connectivity index (χ0n) is 13.5. The normalized spacial score (nSPS) is 16.4. The van der Waals surface area contributed by atoms with Gasteiger partial charge in [0.15, 0.2) is 0 Å². The third kappa shape index (κ3) is 14.7. The van der Waals surface area contributed by atoms with Crippen LogP contribution in [0.4, 0.5) is 26.3 Å². The Bertz CT molecular complexity index is 474. The van der Waals surface area contributed by atoms with E-state index >= 15 is 0 Å². The Kier molecular flexibility index (Phi) is 9.73. The maximum absolute atomic E-state index is 11.3. The van der Waals surface area contributed by atoms with Crippen LogP contribution in [0.3, 0.4) is 0 Å². The molecule has 0 radical (unpaired) electrons. The fourth-order valence-electron chi connectivity index (χ4n) is 1.01. The summed E-state index contributed by atoms with van der Waals surface area (Å²) in [5, 5.41) is 20.7. The number of nitrogens with one attached hydrogen (secondary N) is 2. The molecule has 0 aromatic carbocycles. The summed E-state index contributed by atoms with van der Waals surface area (Å²) in [5.74, 6) is -5.51. The molecule has 0 amide bonds. The van der Waals surface area contributed by atoms with Gasteiger partial charge >= 0.3 is 24.3 Å². The van der Waals surface area contributed by atoms with Gasteiger partial charge in [0.1, 0.15) is 0 Å². The Morgan fingerprint density at radius 3 is 1.44 bits per heavy atom. The van der Waals surface area contributed by atoms with E-state index in [1.165, 1.54) is 0 Å². The van der Waals surface area contributed by atoms with Gasteiger partial charge in [-0.3, -0.25) is 0 Å². The zero-order chi connectivity index (χ0) is 20.7. The van der Waals surface area contributed by atoms with E-state index in [0.29, 0.717) is 6.29 Å². The largest absolute Gasteiger partial charge is 0.490 e. The third-order valence-electron chi connectivity index (χ3n) is 2.40. The summed E-state index contributed by atoms with van der Waals surface area (Å²) >= 11 is 0. The number of hydrogen-bond acceptors (Lipinski definition) is 5. The second-order valence-electron chi connectivity index (χ2n) is 5.68. The number of aliphatic carboxylic acids is 2. The van der Waals surface area contributed by atoms with Crippen LogP contribution < -0.4 is 10.6 Å². The predicted octanol–water partition coefficient (Wildman–Crippen LogP) is 1.78. The highest BCUT2D eigenvalue weighted by Gasteiger charge is 2.38.